The molecule has 0 radical (unpaired) electrons. The predicted molar refractivity (Wildman–Crippen MR) is 108 cm³/mol. The van der Waals surface area contributed by atoms with Gasteiger partial charge in [-0.05, 0) is 37.0 Å². The Hall–Kier alpha value is -3.10. The molecular weight excluding hydrogens is 390 g/mol. The van der Waals surface area contributed by atoms with E-state index in [-0.39, 0.29) is 18.0 Å². The molecule has 4 heterocycles. The molecule has 2 aliphatic heterocycles. The number of rotatable bonds is 4. The first-order valence-corrected chi connectivity index (χ1v) is 10.1. The maximum atomic E-state index is 13.5. The predicted octanol–water partition coefficient (Wildman–Crippen LogP) is 2.60. The number of carbonyl (C=O) groups excluding carboxylic acids is 1. The second-order valence-electron chi connectivity index (χ2n) is 8.14. The van der Waals surface area contributed by atoms with Crippen LogP contribution in [0, 0.1) is 17.3 Å². The van der Waals surface area contributed by atoms with Crippen molar-refractivity contribution in [2.75, 3.05) is 13.1 Å². The number of aromatic nitrogens is 2. The van der Waals surface area contributed by atoms with Gasteiger partial charge < -0.3 is 14.8 Å². The van der Waals surface area contributed by atoms with Crippen LogP contribution in [0.1, 0.15) is 25.0 Å². The SMILES string of the molecule is N=CN=C(c1cc(-c2ccnc(F)c2)c[nH]1)N1CC2CCC(C1)N2C(=O)[C@@H]1C[C@H]1F. The van der Waals surface area contributed by atoms with Crippen LogP contribution in [-0.2, 0) is 4.79 Å². The number of aliphatic imine (C=N–C) groups is 1. The Morgan fingerprint density at radius 1 is 1.27 bits per heavy atom. The summed E-state index contributed by atoms with van der Waals surface area (Å²) < 4.78 is 26.9. The van der Waals surface area contributed by atoms with Crippen molar-refractivity contribution < 1.29 is 13.6 Å². The van der Waals surface area contributed by atoms with Crippen molar-refractivity contribution in [1.82, 2.24) is 19.8 Å². The molecular formula is C21H22F2N6O. The Morgan fingerprint density at radius 3 is 2.63 bits per heavy atom. The highest BCUT2D eigenvalue weighted by atomic mass is 19.1. The minimum atomic E-state index is -0.986. The van der Waals surface area contributed by atoms with Gasteiger partial charge in [0.15, 0.2) is 5.84 Å². The number of halogens is 2. The summed E-state index contributed by atoms with van der Waals surface area (Å²) in [5.74, 6) is -0.445. The monoisotopic (exact) mass is 412 g/mol. The van der Waals surface area contributed by atoms with Crippen molar-refractivity contribution in [2.45, 2.75) is 37.5 Å². The first-order chi connectivity index (χ1) is 14.5. The zero-order valence-electron chi connectivity index (χ0n) is 16.3. The topological polar surface area (TPSA) is 88.4 Å². The van der Waals surface area contributed by atoms with Crippen molar-refractivity contribution in [2.24, 2.45) is 10.9 Å². The maximum Gasteiger partial charge on any atom is 0.229 e. The van der Waals surface area contributed by atoms with Crippen LogP contribution in [0.2, 0.25) is 0 Å². The standard InChI is InChI=1S/C21H22F2N6O/c22-17-7-16(17)21(30)29-14-1-2-15(29)10-28(9-14)20(27-11-24)18-5-13(8-26-18)12-3-4-25-19(23)6-12/h3-6,8,11,14-17,24,26H,1-2,7,9-10H2/t14?,15?,16-,17-/m1/s1. The molecule has 2 aromatic rings. The number of piperazine rings is 1. The number of hydrogen-bond donors (Lipinski definition) is 2. The van der Waals surface area contributed by atoms with Crippen molar-refractivity contribution in [3.63, 3.8) is 0 Å². The average Bonchev–Trinajstić information content (AvgIpc) is 3.16. The summed E-state index contributed by atoms with van der Waals surface area (Å²) in [5.41, 5.74) is 2.21. The molecule has 3 fully saturated rings. The fourth-order valence-electron chi connectivity index (χ4n) is 4.70. The molecule has 5 rings (SSSR count). The third-order valence-electron chi connectivity index (χ3n) is 6.24. The van der Waals surface area contributed by atoms with Crippen LogP contribution in [0.15, 0.2) is 35.6 Å². The molecule has 0 spiro atoms. The van der Waals surface area contributed by atoms with Gasteiger partial charge in [0.1, 0.15) is 12.5 Å². The minimum Gasteiger partial charge on any atom is -0.358 e. The van der Waals surface area contributed by atoms with Crippen LogP contribution in [0.5, 0.6) is 0 Å². The van der Waals surface area contributed by atoms with Crippen LogP contribution < -0.4 is 0 Å². The Bertz CT molecular complexity index is 1010. The number of fused-ring (bicyclic) bond motifs is 2. The summed E-state index contributed by atoms with van der Waals surface area (Å²) >= 11 is 0. The number of H-pyrrole nitrogens is 1. The number of nitrogens with one attached hydrogen (secondary N) is 2. The van der Waals surface area contributed by atoms with E-state index in [0.717, 1.165) is 30.4 Å². The molecule has 7 nitrogen and oxygen atoms in total. The summed E-state index contributed by atoms with van der Waals surface area (Å²) in [6, 6.07) is 5.02. The number of aromatic amines is 1. The number of carbonyl (C=O) groups is 1. The number of pyridine rings is 1. The number of nitrogens with zero attached hydrogens (tertiary/aromatic N) is 4. The number of amides is 1. The average molecular weight is 412 g/mol. The summed E-state index contributed by atoms with van der Waals surface area (Å²) in [6.45, 7) is 1.19. The third kappa shape index (κ3) is 3.28. The Morgan fingerprint density at radius 2 is 2.00 bits per heavy atom. The van der Waals surface area contributed by atoms with Crippen LogP contribution in [-0.4, -0.2) is 69.2 Å². The highest BCUT2D eigenvalue weighted by Gasteiger charge is 2.51. The number of likely N-dealkylation sites (tertiary alicyclic amines) is 1. The molecule has 1 aliphatic carbocycles. The van der Waals surface area contributed by atoms with Gasteiger partial charge in [0.05, 0.1) is 11.6 Å². The molecule has 3 aliphatic rings. The van der Waals surface area contributed by atoms with Crippen LogP contribution in [0.4, 0.5) is 8.78 Å². The first-order valence-electron chi connectivity index (χ1n) is 10.1. The summed E-state index contributed by atoms with van der Waals surface area (Å²) in [6.07, 6.45) is 5.33. The molecule has 1 saturated carbocycles. The lowest BCUT2D eigenvalue weighted by molar-refractivity contribution is -0.138. The third-order valence-corrected chi connectivity index (χ3v) is 6.24. The molecule has 9 heteroatoms. The quantitative estimate of drug-likeness (QED) is 0.460. The fraction of sp³-hybridized carbons (Fsp3) is 0.429. The van der Waals surface area contributed by atoms with Gasteiger partial charge in [-0.1, -0.05) is 0 Å². The summed E-state index contributed by atoms with van der Waals surface area (Å²) in [5, 5.41) is 7.49. The van der Waals surface area contributed by atoms with E-state index >= 15 is 0 Å². The molecule has 156 valence electrons. The van der Waals surface area contributed by atoms with Gasteiger partial charge in [0, 0.05) is 49.2 Å². The highest BCUT2D eigenvalue weighted by Crippen LogP contribution is 2.40. The van der Waals surface area contributed by atoms with Gasteiger partial charge in [-0.2, -0.15) is 4.39 Å². The van der Waals surface area contributed by atoms with E-state index in [1.54, 1.807) is 12.3 Å². The maximum absolute atomic E-state index is 13.5. The molecule has 2 saturated heterocycles. The normalized spacial score (nSPS) is 28.0. The number of hydrogen-bond acceptors (Lipinski definition) is 3. The van der Waals surface area contributed by atoms with E-state index in [0.29, 0.717) is 30.9 Å². The smallest absolute Gasteiger partial charge is 0.229 e. The Kier molecular flexibility index (Phi) is 4.60. The molecule has 0 aromatic carbocycles. The van der Waals surface area contributed by atoms with E-state index in [4.69, 9.17) is 5.41 Å². The van der Waals surface area contributed by atoms with E-state index in [1.165, 1.54) is 12.3 Å². The summed E-state index contributed by atoms with van der Waals surface area (Å²) in [4.78, 5) is 27.7. The summed E-state index contributed by atoms with van der Waals surface area (Å²) in [7, 11) is 0. The molecule has 2 bridgehead atoms. The van der Waals surface area contributed by atoms with Gasteiger partial charge in [-0.25, -0.2) is 14.4 Å². The van der Waals surface area contributed by atoms with Gasteiger partial charge in [-0.15, -0.1) is 0 Å². The second kappa shape index (κ2) is 7.30. The first kappa shape index (κ1) is 18.9. The van der Waals surface area contributed by atoms with Crippen molar-refractivity contribution in [3.8, 4) is 11.1 Å². The zero-order valence-corrected chi connectivity index (χ0v) is 16.3. The largest absolute Gasteiger partial charge is 0.358 e. The highest BCUT2D eigenvalue weighted by molar-refractivity contribution is 6.02. The van der Waals surface area contributed by atoms with Gasteiger partial charge in [0.2, 0.25) is 11.9 Å². The van der Waals surface area contributed by atoms with Crippen molar-refractivity contribution >= 4 is 18.1 Å². The lowest BCUT2D eigenvalue weighted by Crippen LogP contribution is -2.57. The second-order valence-corrected chi connectivity index (χ2v) is 8.14. The van der Waals surface area contributed by atoms with Crippen molar-refractivity contribution in [3.05, 3.63) is 42.2 Å². The minimum absolute atomic E-state index is 0.0312. The van der Waals surface area contributed by atoms with Crippen molar-refractivity contribution in [1.29, 1.82) is 5.41 Å². The molecule has 2 N–H and O–H groups in total. The van der Waals surface area contributed by atoms with E-state index < -0.39 is 18.0 Å². The van der Waals surface area contributed by atoms with Gasteiger partial charge >= 0.3 is 0 Å². The van der Waals surface area contributed by atoms with E-state index in [1.807, 2.05) is 11.0 Å². The lowest BCUT2D eigenvalue weighted by Gasteiger charge is -2.42. The molecule has 30 heavy (non-hydrogen) atoms. The van der Waals surface area contributed by atoms with Crippen LogP contribution in [0.3, 0.4) is 0 Å². The van der Waals surface area contributed by atoms with Gasteiger partial charge in [0.25, 0.3) is 0 Å². The van der Waals surface area contributed by atoms with E-state index in [2.05, 4.69) is 19.9 Å². The molecule has 2 unspecified atom stereocenters. The Balaban J connectivity index is 1.37. The van der Waals surface area contributed by atoms with E-state index in [9.17, 15) is 13.6 Å². The lowest BCUT2D eigenvalue weighted by atomic mass is 10.1. The number of amidine groups is 1. The van der Waals surface area contributed by atoms with Crippen LogP contribution >= 0.6 is 0 Å². The molecule has 4 atom stereocenters. The Labute approximate surface area is 172 Å². The molecule has 1 amide bonds. The van der Waals surface area contributed by atoms with Crippen LogP contribution in [0.25, 0.3) is 11.1 Å². The zero-order chi connectivity index (χ0) is 20.8. The van der Waals surface area contributed by atoms with Gasteiger partial charge in [-0.3, -0.25) is 10.2 Å². The number of alkyl halides is 1. The molecule has 2 aromatic heterocycles. The fourth-order valence-corrected chi connectivity index (χ4v) is 4.70.